The Balaban J connectivity index is 2.17. The number of nitrogens with one attached hydrogen (secondary N) is 1. The molecule has 9 heteroatoms. The minimum Gasteiger partial charge on any atom is -0.354 e. The highest BCUT2D eigenvalue weighted by atomic mass is 35.5. The van der Waals surface area contributed by atoms with E-state index in [1.54, 1.807) is 31.2 Å². The lowest BCUT2D eigenvalue weighted by Gasteiger charge is -2.30. The highest BCUT2D eigenvalue weighted by Gasteiger charge is 2.27. The molecule has 0 aromatic heterocycles. The zero-order chi connectivity index (χ0) is 26.2. The maximum absolute atomic E-state index is 13.3. The number of amides is 2. The molecule has 2 rings (SSSR count). The average Bonchev–Trinajstić information content (AvgIpc) is 2.78. The Morgan fingerprint density at radius 2 is 1.74 bits per heavy atom. The second kappa shape index (κ2) is 12.9. The number of rotatable bonds is 12. The molecule has 1 atom stereocenters. The number of carbonyl (C=O) groups excluding carboxylic acids is 2. The topological polar surface area (TPSA) is 86.8 Å². The first-order chi connectivity index (χ1) is 16.4. The molecule has 1 N–H and O–H groups in total. The van der Waals surface area contributed by atoms with Crippen LogP contribution in [0.3, 0.4) is 0 Å². The van der Waals surface area contributed by atoms with Gasteiger partial charge >= 0.3 is 0 Å². The van der Waals surface area contributed by atoms with Crippen molar-refractivity contribution in [1.29, 1.82) is 0 Å². The van der Waals surface area contributed by atoms with Crippen LogP contribution in [-0.2, 0) is 26.2 Å². The zero-order valence-corrected chi connectivity index (χ0v) is 22.7. The van der Waals surface area contributed by atoms with Crippen LogP contribution >= 0.6 is 11.6 Å². The zero-order valence-electron chi connectivity index (χ0n) is 21.1. The Morgan fingerprint density at radius 3 is 2.34 bits per heavy atom. The monoisotopic (exact) mass is 521 g/mol. The molecule has 7 nitrogen and oxygen atoms in total. The van der Waals surface area contributed by atoms with Gasteiger partial charge in [-0.3, -0.25) is 13.9 Å². The van der Waals surface area contributed by atoms with E-state index in [2.05, 4.69) is 5.32 Å². The summed E-state index contributed by atoms with van der Waals surface area (Å²) in [5.74, 6) is -0.200. The standard InChI is InChI=1S/C26H36ClN3O4S/c1-19(2)17-28-26(32)21(4)29(18-22-11-6-7-13-24(22)27)25(31)14-9-15-30(35(5,33)34)23-12-8-10-20(3)16-23/h6-8,10-13,16,19,21H,9,14-15,17-18H2,1-5H3,(H,28,32)/t21-/m0/s1. The van der Waals surface area contributed by atoms with Crippen molar-refractivity contribution in [2.75, 3.05) is 23.7 Å². The van der Waals surface area contributed by atoms with Crippen molar-refractivity contribution in [3.8, 4) is 0 Å². The second-order valence-electron chi connectivity index (χ2n) is 9.21. The maximum Gasteiger partial charge on any atom is 0.242 e. The summed E-state index contributed by atoms with van der Waals surface area (Å²) in [5.41, 5.74) is 2.25. The first-order valence-corrected chi connectivity index (χ1v) is 14.0. The summed E-state index contributed by atoms with van der Waals surface area (Å²) in [7, 11) is -3.53. The highest BCUT2D eigenvalue weighted by molar-refractivity contribution is 7.92. The van der Waals surface area contributed by atoms with Gasteiger partial charge in [0.25, 0.3) is 0 Å². The van der Waals surface area contributed by atoms with Gasteiger partial charge in [-0.2, -0.15) is 0 Å². The number of carbonyl (C=O) groups is 2. The summed E-state index contributed by atoms with van der Waals surface area (Å²) >= 11 is 6.32. The number of sulfonamides is 1. The molecule has 0 heterocycles. The van der Waals surface area contributed by atoms with Crippen molar-refractivity contribution in [1.82, 2.24) is 10.2 Å². The summed E-state index contributed by atoms with van der Waals surface area (Å²) in [6.07, 6.45) is 1.55. The fourth-order valence-electron chi connectivity index (χ4n) is 3.63. The molecule has 2 aromatic carbocycles. The van der Waals surface area contributed by atoms with E-state index in [1.807, 2.05) is 45.0 Å². The van der Waals surface area contributed by atoms with Crippen molar-refractivity contribution in [2.24, 2.45) is 5.92 Å². The maximum atomic E-state index is 13.3. The first kappa shape index (κ1) is 28.7. The predicted octanol–water partition coefficient (Wildman–Crippen LogP) is 4.38. The molecule has 192 valence electrons. The van der Waals surface area contributed by atoms with E-state index in [-0.39, 0.29) is 37.2 Å². The Morgan fingerprint density at radius 1 is 1.06 bits per heavy atom. The molecule has 0 aliphatic carbocycles. The summed E-state index contributed by atoms with van der Waals surface area (Å²) in [4.78, 5) is 27.6. The lowest BCUT2D eigenvalue weighted by Crippen LogP contribution is -2.48. The molecule has 35 heavy (non-hydrogen) atoms. The van der Waals surface area contributed by atoms with E-state index in [0.717, 1.165) is 17.4 Å². The van der Waals surface area contributed by atoms with Gasteiger partial charge in [0, 0.05) is 31.1 Å². The molecule has 0 aliphatic heterocycles. The Labute approximate surface area is 214 Å². The molecule has 2 aromatic rings. The summed E-state index contributed by atoms with van der Waals surface area (Å²) in [6.45, 7) is 8.44. The number of anilines is 1. The average molecular weight is 522 g/mol. The van der Waals surface area contributed by atoms with E-state index in [1.165, 1.54) is 9.21 Å². The van der Waals surface area contributed by atoms with Crippen LogP contribution in [-0.4, -0.2) is 50.5 Å². The number of hydrogen-bond acceptors (Lipinski definition) is 4. The van der Waals surface area contributed by atoms with Crippen LogP contribution in [0.4, 0.5) is 5.69 Å². The molecule has 0 spiro atoms. The minimum absolute atomic E-state index is 0.0874. The number of halogens is 1. The molecular weight excluding hydrogens is 486 g/mol. The number of hydrogen-bond donors (Lipinski definition) is 1. The van der Waals surface area contributed by atoms with E-state index in [0.29, 0.717) is 23.7 Å². The lowest BCUT2D eigenvalue weighted by molar-refractivity contribution is -0.140. The van der Waals surface area contributed by atoms with Crippen LogP contribution in [0.5, 0.6) is 0 Å². The van der Waals surface area contributed by atoms with Crippen molar-refractivity contribution in [2.45, 2.75) is 53.1 Å². The largest absolute Gasteiger partial charge is 0.354 e. The first-order valence-electron chi connectivity index (χ1n) is 11.7. The van der Waals surface area contributed by atoms with Crippen molar-refractivity contribution in [3.63, 3.8) is 0 Å². The summed E-state index contributed by atoms with van der Waals surface area (Å²) in [5, 5.41) is 3.40. The smallest absolute Gasteiger partial charge is 0.242 e. The molecule has 0 bridgehead atoms. The molecule has 2 amide bonds. The molecular formula is C26H36ClN3O4S. The molecule has 0 saturated heterocycles. The third-order valence-corrected chi connectivity index (χ3v) is 7.15. The van der Waals surface area contributed by atoms with Gasteiger partial charge in [-0.05, 0) is 55.5 Å². The fraction of sp³-hybridized carbons (Fsp3) is 0.462. The SMILES string of the molecule is Cc1cccc(N(CCCC(=O)N(Cc2ccccc2Cl)[C@@H](C)C(=O)NCC(C)C)S(C)(=O)=O)c1. The van der Waals surface area contributed by atoms with Gasteiger partial charge in [-0.1, -0.05) is 55.8 Å². The highest BCUT2D eigenvalue weighted by Crippen LogP contribution is 2.22. The van der Waals surface area contributed by atoms with Gasteiger partial charge in [0.1, 0.15) is 6.04 Å². The predicted molar refractivity (Wildman–Crippen MR) is 142 cm³/mol. The number of aryl methyl sites for hydroxylation is 1. The Bertz CT molecular complexity index is 1120. The number of benzene rings is 2. The molecule has 0 aliphatic rings. The van der Waals surface area contributed by atoms with Crippen molar-refractivity contribution in [3.05, 3.63) is 64.7 Å². The van der Waals surface area contributed by atoms with Gasteiger partial charge in [0.2, 0.25) is 21.8 Å². The van der Waals surface area contributed by atoms with Crippen LogP contribution in [0, 0.1) is 12.8 Å². The van der Waals surface area contributed by atoms with Gasteiger partial charge in [-0.25, -0.2) is 8.42 Å². The molecule has 0 radical (unpaired) electrons. The molecule has 0 unspecified atom stereocenters. The Hall–Kier alpha value is -2.58. The third kappa shape index (κ3) is 8.85. The third-order valence-electron chi connectivity index (χ3n) is 5.59. The molecule has 0 saturated carbocycles. The van der Waals surface area contributed by atoms with Crippen molar-refractivity contribution < 1.29 is 18.0 Å². The van der Waals surface area contributed by atoms with Crippen LogP contribution in [0.25, 0.3) is 0 Å². The van der Waals surface area contributed by atoms with E-state index < -0.39 is 16.1 Å². The molecule has 0 fully saturated rings. The minimum atomic E-state index is -3.53. The van der Waals surface area contributed by atoms with Gasteiger partial charge < -0.3 is 10.2 Å². The van der Waals surface area contributed by atoms with E-state index in [4.69, 9.17) is 11.6 Å². The normalized spacial score (nSPS) is 12.3. The van der Waals surface area contributed by atoms with E-state index in [9.17, 15) is 18.0 Å². The fourth-order valence-corrected chi connectivity index (χ4v) is 4.78. The Kier molecular flexibility index (Phi) is 10.6. The second-order valence-corrected chi connectivity index (χ2v) is 11.5. The van der Waals surface area contributed by atoms with Crippen LogP contribution < -0.4 is 9.62 Å². The summed E-state index contributed by atoms with van der Waals surface area (Å²) < 4.78 is 26.1. The van der Waals surface area contributed by atoms with Gasteiger partial charge in [-0.15, -0.1) is 0 Å². The van der Waals surface area contributed by atoms with Crippen molar-refractivity contribution >= 4 is 39.1 Å². The van der Waals surface area contributed by atoms with Crippen LogP contribution in [0.1, 0.15) is 44.7 Å². The van der Waals surface area contributed by atoms with Gasteiger partial charge in [0.15, 0.2) is 0 Å². The van der Waals surface area contributed by atoms with E-state index >= 15 is 0 Å². The lowest BCUT2D eigenvalue weighted by atomic mass is 10.1. The van der Waals surface area contributed by atoms with Gasteiger partial charge in [0.05, 0.1) is 11.9 Å². The summed E-state index contributed by atoms with van der Waals surface area (Å²) in [6, 6.07) is 13.7. The quantitative estimate of drug-likeness (QED) is 0.449. The van der Waals surface area contributed by atoms with Crippen LogP contribution in [0.15, 0.2) is 48.5 Å². The van der Waals surface area contributed by atoms with Crippen LogP contribution in [0.2, 0.25) is 5.02 Å². The number of nitrogens with zero attached hydrogens (tertiary/aromatic N) is 2.